The van der Waals surface area contributed by atoms with Gasteiger partial charge in [-0.25, -0.2) is 18.4 Å². The number of allylic oxidation sites excluding steroid dienone is 1. The van der Waals surface area contributed by atoms with Gasteiger partial charge in [0.1, 0.15) is 33.8 Å². The lowest BCUT2D eigenvalue weighted by molar-refractivity contribution is -0.140. The number of benzene rings is 1. The number of sulfonamides is 1. The molecule has 278 valence electrons. The van der Waals surface area contributed by atoms with Crippen LogP contribution in [0.5, 0.6) is 11.5 Å². The standard InChI is InChI=1S/C38H47N5O7S2/c1-21(2)30-20-51-35(40-30)29-18-32(26-13-14-31(49-5)22(3)33(26)39-29)50-24-16-27-28(17-24)36(45)43(4)15-9-7-6-8-10-23-19-38(23,41-34(27)44)37(46)42-52(47,48)25-11-12-25/h8,10,13-14,18,20-21,23-25,27-28H,6-7,9,11-12,15-17,19H2,1-5H3,(H,41,44)(H,42,46)/b10-8-/t23?,24-,27?,28?,38?/m1/s1. The number of pyridine rings is 1. The van der Waals surface area contributed by atoms with Gasteiger partial charge in [-0.15, -0.1) is 11.3 Å². The van der Waals surface area contributed by atoms with Gasteiger partial charge in [0.2, 0.25) is 21.8 Å². The van der Waals surface area contributed by atoms with Crippen molar-refractivity contribution in [2.45, 2.75) is 94.9 Å². The molecule has 4 unspecified atom stereocenters. The van der Waals surface area contributed by atoms with E-state index in [2.05, 4.69) is 23.9 Å². The highest BCUT2D eigenvalue weighted by Crippen LogP contribution is 2.47. The fourth-order valence-electron chi connectivity index (χ4n) is 7.55. The van der Waals surface area contributed by atoms with Crippen molar-refractivity contribution in [2.24, 2.45) is 17.8 Å². The van der Waals surface area contributed by atoms with Gasteiger partial charge in [0.25, 0.3) is 5.91 Å². The molecule has 2 aromatic heterocycles. The van der Waals surface area contributed by atoms with Crippen molar-refractivity contribution in [3.05, 3.63) is 47.0 Å². The molecule has 52 heavy (non-hydrogen) atoms. The number of carbonyl (C=O) groups excluding carboxylic acids is 3. The van der Waals surface area contributed by atoms with Crippen LogP contribution in [-0.2, 0) is 24.4 Å². The number of aromatic nitrogens is 2. The topological polar surface area (TPSA) is 157 Å². The number of amides is 3. The van der Waals surface area contributed by atoms with Gasteiger partial charge in [0, 0.05) is 41.9 Å². The number of hydrogen-bond donors (Lipinski definition) is 2. The number of fused-ring (bicyclic) bond motifs is 3. The molecule has 3 fully saturated rings. The smallest absolute Gasteiger partial charge is 0.259 e. The van der Waals surface area contributed by atoms with Gasteiger partial charge in [-0.2, -0.15) is 0 Å². The van der Waals surface area contributed by atoms with Gasteiger partial charge in [0.15, 0.2) is 0 Å². The molecule has 0 bridgehead atoms. The molecule has 3 aliphatic carbocycles. The van der Waals surface area contributed by atoms with E-state index in [1.807, 2.05) is 42.7 Å². The fourth-order valence-corrected chi connectivity index (χ4v) is 9.85. The van der Waals surface area contributed by atoms with E-state index in [0.29, 0.717) is 48.5 Å². The molecule has 3 heterocycles. The molecule has 14 heteroatoms. The van der Waals surface area contributed by atoms with Crippen LogP contribution >= 0.6 is 11.3 Å². The monoisotopic (exact) mass is 749 g/mol. The zero-order chi connectivity index (χ0) is 36.9. The Morgan fingerprint density at radius 3 is 2.60 bits per heavy atom. The van der Waals surface area contributed by atoms with Gasteiger partial charge >= 0.3 is 0 Å². The Morgan fingerprint density at radius 2 is 1.88 bits per heavy atom. The van der Waals surface area contributed by atoms with Crippen molar-refractivity contribution in [1.82, 2.24) is 24.9 Å². The van der Waals surface area contributed by atoms with E-state index < -0.39 is 50.6 Å². The molecule has 0 saturated heterocycles. The van der Waals surface area contributed by atoms with E-state index >= 15 is 0 Å². The number of carbonyl (C=O) groups is 3. The Balaban J connectivity index is 1.21. The predicted molar refractivity (Wildman–Crippen MR) is 199 cm³/mol. The number of rotatable bonds is 8. The van der Waals surface area contributed by atoms with Crippen LogP contribution in [0.2, 0.25) is 0 Å². The zero-order valence-electron chi connectivity index (χ0n) is 30.3. The maximum absolute atomic E-state index is 14.3. The van der Waals surface area contributed by atoms with Crippen LogP contribution in [0, 0.1) is 24.7 Å². The number of methoxy groups -OCH3 is 1. The molecule has 7 rings (SSSR count). The number of thiazole rings is 1. The summed E-state index contributed by atoms with van der Waals surface area (Å²) in [4.78, 5) is 53.5. The highest BCUT2D eigenvalue weighted by atomic mass is 32.2. The highest BCUT2D eigenvalue weighted by Gasteiger charge is 2.62. The molecule has 5 atom stereocenters. The third-order valence-corrected chi connectivity index (χ3v) is 13.7. The normalized spacial score (nSPS) is 27.4. The van der Waals surface area contributed by atoms with Crippen LogP contribution in [0.25, 0.3) is 21.6 Å². The van der Waals surface area contributed by atoms with E-state index in [1.165, 1.54) is 11.3 Å². The summed E-state index contributed by atoms with van der Waals surface area (Å²) in [6.07, 6.45) is 7.61. The minimum Gasteiger partial charge on any atom is -0.496 e. The van der Waals surface area contributed by atoms with E-state index in [0.717, 1.165) is 40.9 Å². The molecule has 2 N–H and O–H groups in total. The number of ether oxygens (including phenoxy) is 2. The molecule has 3 amide bonds. The summed E-state index contributed by atoms with van der Waals surface area (Å²) in [6, 6.07) is 5.66. The maximum atomic E-state index is 14.3. The molecular formula is C38H47N5O7S2. The minimum atomic E-state index is -3.83. The quantitative estimate of drug-likeness (QED) is 0.294. The second kappa shape index (κ2) is 14.1. The summed E-state index contributed by atoms with van der Waals surface area (Å²) in [6.45, 7) is 6.69. The third kappa shape index (κ3) is 7.03. The van der Waals surface area contributed by atoms with Crippen molar-refractivity contribution < 1.29 is 32.3 Å². The number of aryl methyl sites for hydroxylation is 1. The van der Waals surface area contributed by atoms with E-state index in [9.17, 15) is 22.8 Å². The van der Waals surface area contributed by atoms with Gasteiger partial charge < -0.3 is 19.7 Å². The van der Waals surface area contributed by atoms with Crippen molar-refractivity contribution in [2.75, 3.05) is 20.7 Å². The van der Waals surface area contributed by atoms with E-state index in [-0.39, 0.29) is 30.6 Å². The lowest BCUT2D eigenvalue weighted by Gasteiger charge is -2.26. The second-order valence-electron chi connectivity index (χ2n) is 15.1. The zero-order valence-corrected chi connectivity index (χ0v) is 31.9. The van der Waals surface area contributed by atoms with Crippen molar-refractivity contribution in [1.29, 1.82) is 0 Å². The van der Waals surface area contributed by atoms with Crippen LogP contribution in [0.4, 0.5) is 0 Å². The van der Waals surface area contributed by atoms with E-state index in [4.69, 9.17) is 19.4 Å². The van der Waals surface area contributed by atoms with Crippen LogP contribution < -0.4 is 19.5 Å². The maximum Gasteiger partial charge on any atom is 0.259 e. The van der Waals surface area contributed by atoms with Gasteiger partial charge in [-0.3, -0.25) is 19.1 Å². The summed E-state index contributed by atoms with van der Waals surface area (Å²) in [5.41, 5.74) is 1.79. The average Bonchev–Trinajstić information content (AvgIpc) is 3.98. The largest absolute Gasteiger partial charge is 0.496 e. The molecule has 3 saturated carbocycles. The molecule has 0 radical (unpaired) electrons. The molecule has 3 aromatic rings. The van der Waals surface area contributed by atoms with Crippen molar-refractivity contribution in [3.63, 3.8) is 0 Å². The molecule has 0 spiro atoms. The Morgan fingerprint density at radius 1 is 1.12 bits per heavy atom. The first-order valence-electron chi connectivity index (χ1n) is 18.2. The minimum absolute atomic E-state index is 0.147. The SMILES string of the molecule is COc1ccc2c(O[C@@H]3CC4C(=O)NC5(C(=O)NS(=O)(=O)C6CC6)CC5/C=C\CCCCN(C)C(=O)C4C3)cc(-c3nc(C(C)C)cs3)nc2c1C. The first kappa shape index (κ1) is 36.3. The van der Waals surface area contributed by atoms with Crippen LogP contribution in [0.1, 0.15) is 82.4 Å². The molecule has 4 aliphatic rings. The number of nitrogens with one attached hydrogen (secondary N) is 2. The Kier molecular flexibility index (Phi) is 9.83. The van der Waals surface area contributed by atoms with Crippen LogP contribution in [-0.4, -0.2) is 78.6 Å². The summed E-state index contributed by atoms with van der Waals surface area (Å²) in [7, 11) is -0.445. The predicted octanol–water partition coefficient (Wildman–Crippen LogP) is 5.25. The Hall–Kier alpha value is -4.04. The Labute approximate surface area is 308 Å². The van der Waals surface area contributed by atoms with E-state index in [1.54, 1.807) is 19.1 Å². The van der Waals surface area contributed by atoms with Crippen molar-refractivity contribution in [3.8, 4) is 22.2 Å². The van der Waals surface area contributed by atoms with Crippen LogP contribution in [0.3, 0.4) is 0 Å². The summed E-state index contributed by atoms with van der Waals surface area (Å²) in [5.74, 6) is -1.63. The first-order valence-corrected chi connectivity index (χ1v) is 20.6. The lowest BCUT2D eigenvalue weighted by Crippen LogP contribution is -2.54. The lowest BCUT2D eigenvalue weighted by atomic mass is 9.93. The second-order valence-corrected chi connectivity index (χ2v) is 17.9. The van der Waals surface area contributed by atoms with Crippen LogP contribution in [0.15, 0.2) is 35.7 Å². The Bertz CT molecular complexity index is 2040. The summed E-state index contributed by atoms with van der Waals surface area (Å²) >= 11 is 1.51. The third-order valence-electron chi connectivity index (χ3n) is 11.0. The molecule has 12 nitrogen and oxygen atoms in total. The number of hydrogen-bond acceptors (Lipinski definition) is 10. The summed E-state index contributed by atoms with van der Waals surface area (Å²) < 4.78 is 40.2. The molecule has 1 aliphatic heterocycles. The first-order chi connectivity index (χ1) is 24.8. The van der Waals surface area contributed by atoms with Gasteiger partial charge in [0.05, 0.1) is 35.4 Å². The van der Waals surface area contributed by atoms with Crippen molar-refractivity contribution >= 4 is 50.0 Å². The fraction of sp³-hybridized carbons (Fsp3) is 0.553. The highest BCUT2D eigenvalue weighted by molar-refractivity contribution is 7.91. The average molecular weight is 750 g/mol. The van der Waals surface area contributed by atoms with Gasteiger partial charge in [-0.1, -0.05) is 26.0 Å². The summed E-state index contributed by atoms with van der Waals surface area (Å²) in [5, 5.41) is 5.95. The van der Waals surface area contributed by atoms with Gasteiger partial charge in [-0.05, 0) is 76.3 Å². The molecular weight excluding hydrogens is 703 g/mol. The molecule has 1 aromatic carbocycles. The number of nitrogens with zero attached hydrogens (tertiary/aromatic N) is 3.